The smallest absolute Gasteiger partial charge is 0.245 e. The molecule has 4 nitrogen and oxygen atoms in total. The van der Waals surface area contributed by atoms with Gasteiger partial charge in [-0.2, -0.15) is 4.31 Å². The summed E-state index contributed by atoms with van der Waals surface area (Å²) in [5.41, 5.74) is 6.76. The van der Waals surface area contributed by atoms with E-state index in [2.05, 4.69) is 0 Å². The first kappa shape index (κ1) is 14.3. The van der Waals surface area contributed by atoms with Crippen LogP contribution in [0.3, 0.4) is 0 Å². The predicted molar refractivity (Wildman–Crippen MR) is 70.7 cm³/mol. The first-order valence-electron chi connectivity index (χ1n) is 5.40. The average molecular weight is 277 g/mol. The third-order valence-electron chi connectivity index (χ3n) is 2.64. The van der Waals surface area contributed by atoms with Crippen molar-refractivity contribution < 1.29 is 8.42 Å². The topological polar surface area (TPSA) is 63.4 Å². The highest BCUT2D eigenvalue weighted by molar-refractivity contribution is 7.89. The van der Waals surface area contributed by atoms with Crippen molar-refractivity contribution in [3.63, 3.8) is 0 Å². The third-order valence-corrected chi connectivity index (χ3v) is 4.94. The maximum absolute atomic E-state index is 12.3. The van der Waals surface area contributed by atoms with Crippen molar-refractivity contribution >= 4 is 27.3 Å². The SMILES string of the molecule is CCN(CC)S(=O)(=O)c1cc(Cl)cc(C)c1N. The molecule has 0 spiro atoms. The van der Waals surface area contributed by atoms with E-state index in [1.165, 1.54) is 10.4 Å². The molecule has 6 heteroatoms. The monoisotopic (exact) mass is 276 g/mol. The average Bonchev–Trinajstić information content (AvgIpc) is 2.24. The number of aryl methyl sites for hydroxylation is 1. The number of nitrogens with two attached hydrogens (primary N) is 1. The summed E-state index contributed by atoms with van der Waals surface area (Å²) in [6.45, 7) is 6.12. The summed E-state index contributed by atoms with van der Waals surface area (Å²) in [6, 6.07) is 3.05. The maximum Gasteiger partial charge on any atom is 0.245 e. The summed E-state index contributed by atoms with van der Waals surface area (Å²) in [6.07, 6.45) is 0. The van der Waals surface area contributed by atoms with E-state index in [4.69, 9.17) is 17.3 Å². The van der Waals surface area contributed by atoms with E-state index in [-0.39, 0.29) is 10.6 Å². The van der Waals surface area contributed by atoms with E-state index < -0.39 is 10.0 Å². The molecule has 0 heterocycles. The number of nitrogen functional groups attached to an aromatic ring is 1. The van der Waals surface area contributed by atoms with E-state index in [9.17, 15) is 8.42 Å². The Labute approximate surface area is 107 Å². The molecule has 0 bridgehead atoms. The molecule has 0 unspecified atom stereocenters. The molecule has 0 aliphatic heterocycles. The molecule has 0 aliphatic carbocycles. The van der Waals surface area contributed by atoms with Gasteiger partial charge < -0.3 is 5.73 Å². The fourth-order valence-electron chi connectivity index (χ4n) is 1.64. The largest absolute Gasteiger partial charge is 0.397 e. The molecule has 0 radical (unpaired) electrons. The Hall–Kier alpha value is -0.780. The number of rotatable bonds is 4. The highest BCUT2D eigenvalue weighted by Crippen LogP contribution is 2.28. The summed E-state index contributed by atoms with van der Waals surface area (Å²) in [4.78, 5) is 0.0891. The Morgan fingerprint density at radius 2 is 1.82 bits per heavy atom. The Bertz CT molecular complexity index is 510. The van der Waals surface area contributed by atoms with Crippen LogP contribution in [0.1, 0.15) is 19.4 Å². The van der Waals surface area contributed by atoms with Gasteiger partial charge in [-0.25, -0.2) is 8.42 Å². The van der Waals surface area contributed by atoms with Crippen molar-refractivity contribution in [2.24, 2.45) is 0 Å². The first-order valence-corrected chi connectivity index (χ1v) is 7.22. The van der Waals surface area contributed by atoms with Crippen molar-refractivity contribution in [1.82, 2.24) is 4.31 Å². The van der Waals surface area contributed by atoms with Crippen LogP contribution in [0.4, 0.5) is 5.69 Å². The zero-order valence-corrected chi connectivity index (χ0v) is 11.8. The first-order chi connectivity index (χ1) is 7.84. The van der Waals surface area contributed by atoms with Gasteiger partial charge in [0.2, 0.25) is 10.0 Å². The molecule has 0 saturated heterocycles. The zero-order chi connectivity index (χ0) is 13.2. The van der Waals surface area contributed by atoms with E-state index in [1.54, 1.807) is 26.8 Å². The molecule has 0 fully saturated rings. The molecule has 1 aromatic carbocycles. The van der Waals surface area contributed by atoms with Crippen molar-refractivity contribution in [3.05, 3.63) is 22.7 Å². The van der Waals surface area contributed by atoms with E-state index in [0.717, 1.165) is 0 Å². The Morgan fingerprint density at radius 1 is 1.29 bits per heavy atom. The summed E-state index contributed by atoms with van der Waals surface area (Å²) < 4.78 is 26.0. The zero-order valence-electron chi connectivity index (χ0n) is 10.2. The Balaban J connectivity index is 3.43. The third kappa shape index (κ3) is 2.73. The number of halogens is 1. The number of anilines is 1. The van der Waals surface area contributed by atoms with Crippen molar-refractivity contribution in [3.8, 4) is 0 Å². The van der Waals surface area contributed by atoms with Crippen LogP contribution in [-0.2, 0) is 10.0 Å². The van der Waals surface area contributed by atoms with Crippen molar-refractivity contribution in [1.29, 1.82) is 0 Å². The summed E-state index contributed by atoms with van der Waals surface area (Å²) in [5, 5.41) is 0.377. The number of benzene rings is 1. The highest BCUT2D eigenvalue weighted by atomic mass is 35.5. The minimum atomic E-state index is -3.55. The molecule has 2 N–H and O–H groups in total. The van der Waals surface area contributed by atoms with Crippen LogP contribution in [0.25, 0.3) is 0 Å². The van der Waals surface area contributed by atoms with Gasteiger partial charge in [0.1, 0.15) is 4.90 Å². The molecule has 1 rings (SSSR count). The van der Waals surface area contributed by atoms with Gasteiger partial charge in [0.15, 0.2) is 0 Å². The summed E-state index contributed by atoms with van der Waals surface area (Å²) in [5.74, 6) is 0. The molecule has 0 saturated carbocycles. The van der Waals surface area contributed by atoms with Crippen LogP contribution in [0, 0.1) is 6.92 Å². The number of sulfonamides is 1. The summed E-state index contributed by atoms with van der Waals surface area (Å²) in [7, 11) is -3.55. The normalized spacial score (nSPS) is 12.1. The van der Waals surface area contributed by atoms with Gasteiger partial charge in [0, 0.05) is 18.1 Å². The second-order valence-corrected chi connectivity index (χ2v) is 6.07. The fraction of sp³-hybridized carbons (Fsp3) is 0.455. The lowest BCUT2D eigenvalue weighted by atomic mass is 10.2. The second kappa shape index (κ2) is 5.25. The van der Waals surface area contributed by atoms with Gasteiger partial charge in [0.05, 0.1) is 5.69 Å². The van der Waals surface area contributed by atoms with Crippen LogP contribution < -0.4 is 5.73 Å². The molecule has 0 amide bonds. The molecule has 0 atom stereocenters. The van der Waals surface area contributed by atoms with Crippen molar-refractivity contribution in [2.75, 3.05) is 18.8 Å². The van der Waals surface area contributed by atoms with Crippen LogP contribution in [0.15, 0.2) is 17.0 Å². The maximum atomic E-state index is 12.3. The lowest BCUT2D eigenvalue weighted by molar-refractivity contribution is 0.445. The van der Waals surface area contributed by atoms with Gasteiger partial charge in [-0.1, -0.05) is 25.4 Å². The van der Waals surface area contributed by atoms with E-state index in [0.29, 0.717) is 23.7 Å². The van der Waals surface area contributed by atoms with E-state index >= 15 is 0 Å². The molecule has 1 aromatic rings. The van der Waals surface area contributed by atoms with Gasteiger partial charge in [0.25, 0.3) is 0 Å². The summed E-state index contributed by atoms with van der Waals surface area (Å²) >= 11 is 5.88. The minimum absolute atomic E-state index is 0.0891. The van der Waals surface area contributed by atoms with Crippen LogP contribution >= 0.6 is 11.6 Å². The van der Waals surface area contributed by atoms with Gasteiger partial charge >= 0.3 is 0 Å². The fourth-order valence-corrected chi connectivity index (χ4v) is 3.65. The second-order valence-electron chi connectivity index (χ2n) is 3.72. The number of hydrogen-bond acceptors (Lipinski definition) is 3. The van der Waals surface area contributed by atoms with Crippen LogP contribution in [0.5, 0.6) is 0 Å². The predicted octanol–water partition coefficient (Wildman–Crippen LogP) is 2.26. The van der Waals surface area contributed by atoms with Gasteiger partial charge in [-0.3, -0.25) is 0 Å². The van der Waals surface area contributed by atoms with E-state index in [1.807, 2.05) is 0 Å². The molecular formula is C11H17ClN2O2S. The minimum Gasteiger partial charge on any atom is -0.397 e. The number of nitrogens with zero attached hydrogens (tertiary/aromatic N) is 1. The molecule has 96 valence electrons. The van der Waals surface area contributed by atoms with Crippen molar-refractivity contribution in [2.45, 2.75) is 25.7 Å². The quantitative estimate of drug-likeness (QED) is 0.858. The van der Waals surface area contributed by atoms with Crippen LogP contribution in [0.2, 0.25) is 5.02 Å². The Morgan fingerprint density at radius 3 is 2.29 bits per heavy atom. The highest BCUT2D eigenvalue weighted by Gasteiger charge is 2.25. The van der Waals surface area contributed by atoms with Gasteiger partial charge in [-0.05, 0) is 24.6 Å². The lowest BCUT2D eigenvalue weighted by Crippen LogP contribution is -2.31. The lowest BCUT2D eigenvalue weighted by Gasteiger charge is -2.20. The standard InChI is InChI=1S/C11H17ClN2O2S/c1-4-14(5-2)17(15,16)10-7-9(12)6-8(3)11(10)13/h6-7H,4-5,13H2,1-3H3. The Kier molecular flexibility index (Phi) is 4.41. The molecule has 17 heavy (non-hydrogen) atoms. The molecule has 0 aromatic heterocycles. The van der Waals surface area contributed by atoms with Crippen LogP contribution in [-0.4, -0.2) is 25.8 Å². The molecule has 0 aliphatic rings. The number of hydrogen-bond donors (Lipinski definition) is 1. The van der Waals surface area contributed by atoms with Gasteiger partial charge in [-0.15, -0.1) is 0 Å². The molecular weight excluding hydrogens is 260 g/mol.